The number of primary amides is 1. The second kappa shape index (κ2) is 4.19. The molecule has 0 aromatic heterocycles. The molecule has 0 aromatic rings. The number of amides is 1. The second-order valence-corrected chi connectivity index (χ2v) is 2.22. The summed E-state index contributed by atoms with van der Waals surface area (Å²) in [7, 11) is 0. The molecule has 72 valence electrons. The molecule has 5 N–H and O–H groups in total. The van der Waals surface area contributed by atoms with Gasteiger partial charge in [0.05, 0.1) is 10.6 Å². The summed E-state index contributed by atoms with van der Waals surface area (Å²) in [6.07, 6.45) is 0.186. The number of carbonyl (C=O) groups is 1. The van der Waals surface area contributed by atoms with Crippen molar-refractivity contribution in [2.45, 2.75) is 13.3 Å². The van der Waals surface area contributed by atoms with Gasteiger partial charge < -0.3 is 11.5 Å². The van der Waals surface area contributed by atoms with E-state index >= 15 is 0 Å². The van der Waals surface area contributed by atoms with E-state index in [9.17, 15) is 14.9 Å². The van der Waals surface area contributed by atoms with Crippen molar-refractivity contribution in [3.63, 3.8) is 0 Å². The summed E-state index contributed by atoms with van der Waals surface area (Å²) in [6.45, 7) is 1.58. The fourth-order valence-corrected chi connectivity index (χ4v) is 0.653. The average molecular weight is 186 g/mol. The molecule has 0 spiro atoms. The highest BCUT2D eigenvalue weighted by atomic mass is 16.6. The fourth-order valence-electron chi connectivity index (χ4n) is 0.653. The van der Waals surface area contributed by atoms with Gasteiger partial charge in [-0.25, -0.2) is 0 Å². The maximum Gasteiger partial charge on any atom is 0.318 e. The standard InChI is InChI=1S/C6H10N4O3/c1-2-3(7)5(10(12)13)4(8)6(9)11/h8H,2,7H2,1H3,(H2,9,11). The zero-order valence-electron chi connectivity index (χ0n) is 7.03. The summed E-state index contributed by atoms with van der Waals surface area (Å²) in [4.78, 5) is 20.0. The maximum atomic E-state index is 10.5. The van der Waals surface area contributed by atoms with Crippen LogP contribution in [0.3, 0.4) is 0 Å². The van der Waals surface area contributed by atoms with E-state index < -0.39 is 22.2 Å². The summed E-state index contributed by atoms with van der Waals surface area (Å²) < 4.78 is 0. The topological polar surface area (TPSA) is 136 Å². The Morgan fingerprint density at radius 1 is 1.54 bits per heavy atom. The SMILES string of the molecule is CCC(N)=C(C(=N)C(N)=O)[N+](=O)[O-]. The van der Waals surface area contributed by atoms with Crippen molar-refractivity contribution in [3.05, 3.63) is 21.5 Å². The number of rotatable bonds is 4. The van der Waals surface area contributed by atoms with Gasteiger partial charge in [0.1, 0.15) is 0 Å². The van der Waals surface area contributed by atoms with E-state index in [1.54, 1.807) is 6.92 Å². The molecule has 0 fully saturated rings. The van der Waals surface area contributed by atoms with Gasteiger partial charge in [0, 0.05) is 0 Å². The highest BCUT2D eigenvalue weighted by Crippen LogP contribution is 2.05. The molecule has 0 aliphatic carbocycles. The molecule has 13 heavy (non-hydrogen) atoms. The average Bonchev–Trinajstić information content (AvgIpc) is 2.03. The van der Waals surface area contributed by atoms with Crippen LogP contribution in [0, 0.1) is 15.5 Å². The predicted molar refractivity (Wildman–Crippen MR) is 45.4 cm³/mol. The lowest BCUT2D eigenvalue weighted by Crippen LogP contribution is -2.29. The number of hydrogen-bond donors (Lipinski definition) is 3. The van der Waals surface area contributed by atoms with Gasteiger partial charge in [-0.05, 0) is 6.42 Å². The van der Waals surface area contributed by atoms with Crippen molar-refractivity contribution in [2.75, 3.05) is 0 Å². The minimum atomic E-state index is -1.16. The van der Waals surface area contributed by atoms with Gasteiger partial charge in [0.2, 0.25) is 0 Å². The van der Waals surface area contributed by atoms with Crippen LogP contribution in [0.15, 0.2) is 11.4 Å². The lowest BCUT2D eigenvalue weighted by molar-refractivity contribution is -0.416. The van der Waals surface area contributed by atoms with E-state index in [0.717, 1.165) is 0 Å². The Labute approximate surface area is 74.1 Å². The second-order valence-electron chi connectivity index (χ2n) is 2.22. The molecule has 0 unspecified atom stereocenters. The lowest BCUT2D eigenvalue weighted by atomic mass is 10.2. The van der Waals surface area contributed by atoms with Crippen molar-refractivity contribution in [3.8, 4) is 0 Å². The summed E-state index contributed by atoms with van der Waals surface area (Å²) in [6, 6.07) is 0. The van der Waals surface area contributed by atoms with E-state index in [1.807, 2.05) is 0 Å². The fraction of sp³-hybridized carbons (Fsp3) is 0.333. The Morgan fingerprint density at radius 3 is 2.23 bits per heavy atom. The molecule has 0 heterocycles. The number of nitro groups is 1. The Bertz CT molecular complexity index is 294. The van der Waals surface area contributed by atoms with Crippen molar-refractivity contribution in [1.82, 2.24) is 0 Å². The van der Waals surface area contributed by atoms with E-state index in [-0.39, 0.29) is 12.1 Å². The molecular weight excluding hydrogens is 176 g/mol. The molecule has 0 radical (unpaired) electrons. The van der Waals surface area contributed by atoms with Crippen molar-refractivity contribution >= 4 is 11.6 Å². The van der Waals surface area contributed by atoms with Gasteiger partial charge in [-0.2, -0.15) is 0 Å². The number of hydrogen-bond acceptors (Lipinski definition) is 5. The van der Waals surface area contributed by atoms with Crippen molar-refractivity contribution in [1.29, 1.82) is 5.41 Å². The molecule has 7 heteroatoms. The van der Waals surface area contributed by atoms with E-state index in [0.29, 0.717) is 0 Å². The van der Waals surface area contributed by atoms with E-state index in [2.05, 4.69) is 0 Å². The minimum Gasteiger partial charge on any atom is -0.396 e. The number of carbonyl (C=O) groups excluding carboxylic acids is 1. The monoisotopic (exact) mass is 186 g/mol. The molecule has 0 saturated carbocycles. The van der Waals surface area contributed by atoms with Crippen molar-refractivity contribution < 1.29 is 9.72 Å². The number of nitrogens with one attached hydrogen (secondary N) is 1. The normalized spacial score (nSPS) is 11.8. The van der Waals surface area contributed by atoms with E-state index in [1.165, 1.54) is 0 Å². The molecule has 0 aliphatic rings. The molecule has 7 nitrogen and oxygen atoms in total. The Balaban J connectivity index is 5.17. The van der Waals surface area contributed by atoms with Crippen LogP contribution in [-0.4, -0.2) is 16.5 Å². The van der Waals surface area contributed by atoms with Gasteiger partial charge in [-0.15, -0.1) is 0 Å². The third kappa shape index (κ3) is 2.55. The first-order valence-corrected chi connectivity index (χ1v) is 3.43. The van der Waals surface area contributed by atoms with Gasteiger partial charge in [0.15, 0.2) is 5.71 Å². The van der Waals surface area contributed by atoms with Gasteiger partial charge in [0.25, 0.3) is 5.91 Å². The quantitative estimate of drug-likeness (QED) is 0.305. The first kappa shape index (κ1) is 11.1. The first-order valence-electron chi connectivity index (χ1n) is 3.43. The smallest absolute Gasteiger partial charge is 0.318 e. The Kier molecular flexibility index (Phi) is 3.57. The van der Waals surface area contributed by atoms with Gasteiger partial charge in [-0.3, -0.25) is 20.3 Å². The van der Waals surface area contributed by atoms with Crippen LogP contribution in [-0.2, 0) is 4.79 Å². The summed E-state index contributed by atoms with van der Waals surface area (Å²) >= 11 is 0. The molecule has 0 aliphatic heterocycles. The minimum absolute atomic E-state index is 0.131. The van der Waals surface area contributed by atoms with Crippen LogP contribution in [0.2, 0.25) is 0 Å². The third-order valence-electron chi connectivity index (χ3n) is 1.35. The highest BCUT2D eigenvalue weighted by Gasteiger charge is 2.25. The molecule has 0 aromatic carbocycles. The summed E-state index contributed by atoms with van der Waals surface area (Å²) in [5.41, 5.74) is 8.24. The zero-order valence-corrected chi connectivity index (χ0v) is 7.03. The van der Waals surface area contributed by atoms with Crippen LogP contribution >= 0.6 is 0 Å². The number of nitrogens with two attached hydrogens (primary N) is 2. The van der Waals surface area contributed by atoms with Crippen LogP contribution < -0.4 is 11.5 Å². The largest absolute Gasteiger partial charge is 0.396 e. The predicted octanol–water partition coefficient (Wildman–Crippen LogP) is -0.652. The summed E-state index contributed by atoms with van der Waals surface area (Å²) in [5, 5.41) is 17.4. The molecule has 0 bridgehead atoms. The molecule has 0 atom stereocenters. The first-order chi connectivity index (χ1) is 5.91. The zero-order chi connectivity index (χ0) is 10.6. The van der Waals surface area contributed by atoms with Crippen LogP contribution in [0.5, 0.6) is 0 Å². The number of allylic oxidation sites excluding steroid dienone is 1. The van der Waals surface area contributed by atoms with Gasteiger partial charge >= 0.3 is 5.70 Å². The molecule has 0 saturated heterocycles. The Morgan fingerprint density at radius 2 is 2.00 bits per heavy atom. The maximum absolute atomic E-state index is 10.5. The molecule has 1 amide bonds. The third-order valence-corrected chi connectivity index (χ3v) is 1.35. The lowest BCUT2D eigenvalue weighted by Gasteiger charge is -2.00. The molecule has 0 rings (SSSR count). The van der Waals surface area contributed by atoms with Crippen molar-refractivity contribution in [2.24, 2.45) is 11.5 Å². The number of nitrogens with zero attached hydrogens (tertiary/aromatic N) is 1. The molecular formula is C6H10N4O3. The summed E-state index contributed by atoms with van der Waals surface area (Å²) in [5.74, 6) is -1.16. The van der Waals surface area contributed by atoms with Crippen LogP contribution in [0.1, 0.15) is 13.3 Å². The van der Waals surface area contributed by atoms with Crippen LogP contribution in [0.4, 0.5) is 0 Å². The van der Waals surface area contributed by atoms with Crippen LogP contribution in [0.25, 0.3) is 0 Å². The van der Waals surface area contributed by atoms with E-state index in [4.69, 9.17) is 16.9 Å². The Hall–Kier alpha value is -1.92. The van der Waals surface area contributed by atoms with Gasteiger partial charge in [-0.1, -0.05) is 6.92 Å². The highest BCUT2D eigenvalue weighted by molar-refractivity contribution is 6.42.